The summed E-state index contributed by atoms with van der Waals surface area (Å²) in [6.45, 7) is 4.13. The van der Waals surface area contributed by atoms with Gasteiger partial charge in [0.05, 0.1) is 0 Å². The van der Waals surface area contributed by atoms with Gasteiger partial charge in [-0.05, 0) is 64.6 Å². The second-order valence-electron chi connectivity index (χ2n) is 5.29. The molecule has 0 radical (unpaired) electrons. The zero-order valence-corrected chi connectivity index (χ0v) is 10.3. The van der Waals surface area contributed by atoms with E-state index in [4.69, 9.17) is 5.11 Å². The minimum atomic E-state index is 0.348. The smallest absolute Gasteiger partial charge is 0.0431 e. The third kappa shape index (κ3) is 3.44. The van der Waals surface area contributed by atoms with E-state index in [2.05, 4.69) is 10.2 Å². The van der Waals surface area contributed by atoms with E-state index >= 15 is 0 Å². The van der Waals surface area contributed by atoms with E-state index in [1.165, 1.54) is 45.2 Å². The zero-order chi connectivity index (χ0) is 11.2. The highest BCUT2D eigenvalue weighted by Gasteiger charge is 2.31. The van der Waals surface area contributed by atoms with Gasteiger partial charge in [-0.3, -0.25) is 0 Å². The Kier molecular flexibility index (Phi) is 5.07. The van der Waals surface area contributed by atoms with Crippen LogP contribution in [0.2, 0.25) is 0 Å². The topological polar surface area (TPSA) is 35.5 Å². The van der Waals surface area contributed by atoms with Crippen molar-refractivity contribution in [1.29, 1.82) is 0 Å². The molecule has 2 atom stereocenters. The molecule has 0 amide bonds. The second-order valence-corrected chi connectivity index (χ2v) is 5.29. The van der Waals surface area contributed by atoms with E-state index in [1.807, 2.05) is 0 Å². The molecule has 0 aromatic heterocycles. The first-order valence-corrected chi connectivity index (χ1v) is 6.98. The van der Waals surface area contributed by atoms with Crippen molar-refractivity contribution >= 4 is 0 Å². The summed E-state index contributed by atoms with van der Waals surface area (Å²) in [6, 6.07) is 1.64. The molecular formula is C13H26N2O. The Hall–Kier alpha value is -0.120. The number of aliphatic hydroxyl groups is 1. The summed E-state index contributed by atoms with van der Waals surface area (Å²) in [5, 5.41) is 12.4. The average Bonchev–Trinajstić information content (AvgIpc) is 2.76. The maximum atomic E-state index is 8.69. The maximum absolute atomic E-state index is 8.69. The van der Waals surface area contributed by atoms with Crippen LogP contribution in [0.4, 0.5) is 0 Å². The molecule has 2 saturated heterocycles. The summed E-state index contributed by atoms with van der Waals surface area (Å²) in [4.78, 5) is 2.67. The van der Waals surface area contributed by atoms with Crippen LogP contribution in [-0.4, -0.2) is 48.3 Å². The number of unbranched alkanes of at least 4 members (excludes halogenated alkanes) is 2. The molecule has 2 heterocycles. The van der Waals surface area contributed by atoms with Crippen LogP contribution < -0.4 is 5.32 Å². The molecule has 2 aliphatic rings. The zero-order valence-electron chi connectivity index (χ0n) is 10.3. The van der Waals surface area contributed by atoms with Crippen LogP contribution in [0.3, 0.4) is 0 Å². The number of aliphatic hydroxyl groups excluding tert-OH is 1. The van der Waals surface area contributed by atoms with Gasteiger partial charge in [0.2, 0.25) is 0 Å². The molecule has 16 heavy (non-hydrogen) atoms. The van der Waals surface area contributed by atoms with Crippen molar-refractivity contribution in [3.8, 4) is 0 Å². The van der Waals surface area contributed by atoms with E-state index in [0.717, 1.165) is 31.5 Å². The van der Waals surface area contributed by atoms with Crippen LogP contribution in [0.5, 0.6) is 0 Å². The van der Waals surface area contributed by atoms with E-state index < -0.39 is 0 Å². The first kappa shape index (κ1) is 12.3. The second kappa shape index (κ2) is 6.58. The highest BCUT2D eigenvalue weighted by atomic mass is 16.2. The fourth-order valence-corrected chi connectivity index (χ4v) is 3.13. The molecule has 2 unspecified atom stereocenters. The van der Waals surface area contributed by atoms with Crippen LogP contribution in [0.1, 0.15) is 44.9 Å². The van der Waals surface area contributed by atoms with Gasteiger partial charge in [0.15, 0.2) is 0 Å². The van der Waals surface area contributed by atoms with Crippen molar-refractivity contribution in [2.75, 3.05) is 26.2 Å². The Labute approximate surface area is 99.2 Å². The minimum absolute atomic E-state index is 0.348. The lowest BCUT2D eigenvalue weighted by atomic mass is 9.97. The third-order valence-electron chi connectivity index (χ3n) is 4.09. The summed E-state index contributed by atoms with van der Waals surface area (Å²) >= 11 is 0. The molecule has 0 aliphatic carbocycles. The molecule has 0 bridgehead atoms. The fourth-order valence-electron chi connectivity index (χ4n) is 3.13. The first-order valence-electron chi connectivity index (χ1n) is 6.98. The van der Waals surface area contributed by atoms with Crippen molar-refractivity contribution in [2.24, 2.45) is 0 Å². The molecule has 2 rings (SSSR count). The number of fused-ring (bicyclic) bond motifs is 1. The molecule has 0 saturated carbocycles. The standard InChI is InChI=1S/C13H26N2O/c16-10-3-1-2-7-14-12-6-9-15-8-4-5-13(15)11-12/h12-14,16H,1-11H2. The van der Waals surface area contributed by atoms with Crippen molar-refractivity contribution in [3.63, 3.8) is 0 Å². The monoisotopic (exact) mass is 226 g/mol. The summed E-state index contributed by atoms with van der Waals surface area (Å²) in [7, 11) is 0. The summed E-state index contributed by atoms with van der Waals surface area (Å²) in [5.41, 5.74) is 0. The third-order valence-corrected chi connectivity index (χ3v) is 4.09. The number of rotatable bonds is 6. The number of nitrogens with one attached hydrogen (secondary N) is 1. The van der Waals surface area contributed by atoms with Crippen molar-refractivity contribution in [3.05, 3.63) is 0 Å². The predicted molar refractivity (Wildman–Crippen MR) is 66.6 cm³/mol. The number of piperidine rings is 1. The molecule has 3 heteroatoms. The lowest BCUT2D eigenvalue weighted by Gasteiger charge is -2.35. The molecule has 2 N–H and O–H groups in total. The molecule has 2 fully saturated rings. The highest BCUT2D eigenvalue weighted by Crippen LogP contribution is 2.26. The van der Waals surface area contributed by atoms with Gasteiger partial charge in [0.25, 0.3) is 0 Å². The Balaban J connectivity index is 1.56. The van der Waals surface area contributed by atoms with Crippen LogP contribution in [0, 0.1) is 0 Å². The van der Waals surface area contributed by atoms with Crippen LogP contribution in [0.15, 0.2) is 0 Å². The molecule has 3 nitrogen and oxygen atoms in total. The number of hydrogen-bond acceptors (Lipinski definition) is 3. The maximum Gasteiger partial charge on any atom is 0.0431 e. The minimum Gasteiger partial charge on any atom is -0.396 e. The van der Waals surface area contributed by atoms with Gasteiger partial charge in [-0.15, -0.1) is 0 Å². The van der Waals surface area contributed by atoms with E-state index in [-0.39, 0.29) is 0 Å². The van der Waals surface area contributed by atoms with Crippen molar-refractivity contribution < 1.29 is 5.11 Å². The first-order chi connectivity index (χ1) is 7.90. The average molecular weight is 226 g/mol. The molecule has 0 aromatic carbocycles. The lowest BCUT2D eigenvalue weighted by Crippen LogP contribution is -2.45. The van der Waals surface area contributed by atoms with E-state index in [1.54, 1.807) is 0 Å². The van der Waals surface area contributed by atoms with Crippen molar-refractivity contribution in [1.82, 2.24) is 10.2 Å². The quantitative estimate of drug-likeness (QED) is 0.671. The lowest BCUT2D eigenvalue weighted by molar-refractivity contribution is 0.167. The van der Waals surface area contributed by atoms with E-state index in [0.29, 0.717) is 6.61 Å². The van der Waals surface area contributed by atoms with Gasteiger partial charge >= 0.3 is 0 Å². The highest BCUT2D eigenvalue weighted by molar-refractivity contribution is 4.88. The Bertz CT molecular complexity index is 198. The van der Waals surface area contributed by atoms with Gasteiger partial charge < -0.3 is 15.3 Å². The van der Waals surface area contributed by atoms with Crippen LogP contribution >= 0.6 is 0 Å². The normalized spacial score (nSPS) is 30.6. The van der Waals surface area contributed by atoms with Crippen LogP contribution in [-0.2, 0) is 0 Å². The molecule has 2 aliphatic heterocycles. The molecule has 0 spiro atoms. The molecule has 94 valence electrons. The largest absolute Gasteiger partial charge is 0.396 e. The van der Waals surface area contributed by atoms with E-state index in [9.17, 15) is 0 Å². The van der Waals surface area contributed by atoms with Gasteiger partial charge in [0, 0.05) is 18.7 Å². The van der Waals surface area contributed by atoms with Gasteiger partial charge in [-0.25, -0.2) is 0 Å². The number of hydrogen-bond donors (Lipinski definition) is 2. The summed E-state index contributed by atoms with van der Waals surface area (Å²) in [6.07, 6.45) is 8.85. The molecular weight excluding hydrogens is 200 g/mol. The van der Waals surface area contributed by atoms with Gasteiger partial charge in [0.1, 0.15) is 0 Å². The summed E-state index contributed by atoms with van der Waals surface area (Å²) in [5.74, 6) is 0. The Morgan fingerprint density at radius 1 is 1.12 bits per heavy atom. The Morgan fingerprint density at radius 3 is 2.94 bits per heavy atom. The predicted octanol–water partition coefficient (Wildman–Crippen LogP) is 1.37. The van der Waals surface area contributed by atoms with Gasteiger partial charge in [-0.2, -0.15) is 0 Å². The fraction of sp³-hybridized carbons (Fsp3) is 1.00. The van der Waals surface area contributed by atoms with Crippen molar-refractivity contribution in [2.45, 2.75) is 57.0 Å². The molecule has 0 aromatic rings. The SMILES string of the molecule is OCCCCCNC1CCN2CCCC2C1. The summed E-state index contributed by atoms with van der Waals surface area (Å²) < 4.78 is 0. The Morgan fingerprint density at radius 2 is 2.06 bits per heavy atom. The van der Waals surface area contributed by atoms with Crippen LogP contribution in [0.25, 0.3) is 0 Å². The van der Waals surface area contributed by atoms with Gasteiger partial charge in [-0.1, -0.05) is 0 Å². The number of nitrogens with zero attached hydrogens (tertiary/aromatic N) is 1.